The summed E-state index contributed by atoms with van der Waals surface area (Å²) in [5.74, 6) is -4.81. The van der Waals surface area contributed by atoms with E-state index in [1.807, 2.05) is 0 Å². The summed E-state index contributed by atoms with van der Waals surface area (Å²) in [7, 11) is 0. The van der Waals surface area contributed by atoms with Crippen LogP contribution < -0.4 is 0 Å². The van der Waals surface area contributed by atoms with E-state index in [2.05, 4.69) is 0 Å². The van der Waals surface area contributed by atoms with Crippen LogP contribution in [0.3, 0.4) is 0 Å². The molecular formula is C8H5F3O. The molecule has 0 aromatic heterocycles. The zero-order valence-corrected chi connectivity index (χ0v) is 5.93. The maximum Gasteiger partial charge on any atom is 0.330 e. The topological polar surface area (TPSA) is 17.1 Å². The number of aldehydes is 1. The molecule has 0 spiro atoms. The molecule has 0 N–H and O–H groups in total. The lowest BCUT2D eigenvalue weighted by Crippen LogP contribution is -2.16. The lowest BCUT2D eigenvalue weighted by Gasteiger charge is -2.08. The van der Waals surface area contributed by atoms with Crippen molar-refractivity contribution in [3.05, 3.63) is 35.6 Å². The van der Waals surface area contributed by atoms with Gasteiger partial charge in [0.15, 0.2) is 6.29 Å². The summed E-state index contributed by atoms with van der Waals surface area (Å²) in [5, 5.41) is 0. The van der Waals surface area contributed by atoms with Crippen LogP contribution in [0, 0.1) is 5.82 Å². The predicted molar refractivity (Wildman–Crippen MR) is 36.4 cm³/mol. The summed E-state index contributed by atoms with van der Waals surface area (Å²) in [5.41, 5.74) is -0.889. The number of carbonyl (C=O) groups excluding carboxylic acids is 1. The first-order valence-corrected chi connectivity index (χ1v) is 3.17. The first-order valence-electron chi connectivity index (χ1n) is 3.17. The van der Waals surface area contributed by atoms with Crippen molar-refractivity contribution in [3.63, 3.8) is 0 Å². The van der Waals surface area contributed by atoms with Crippen LogP contribution in [0.25, 0.3) is 0 Å². The molecule has 1 aromatic rings. The van der Waals surface area contributed by atoms with Gasteiger partial charge in [-0.3, -0.25) is 4.79 Å². The highest BCUT2D eigenvalue weighted by Crippen LogP contribution is 2.27. The second kappa shape index (κ2) is 2.97. The number of benzene rings is 1. The minimum absolute atomic E-state index is 0.578. The fourth-order valence-corrected chi connectivity index (χ4v) is 0.795. The molecule has 4 heteroatoms. The van der Waals surface area contributed by atoms with Crippen LogP contribution in [0.4, 0.5) is 13.2 Å². The molecule has 12 heavy (non-hydrogen) atoms. The number of halogens is 3. The third-order valence-corrected chi connectivity index (χ3v) is 1.38. The fraction of sp³-hybridized carbons (Fsp3) is 0.125. The van der Waals surface area contributed by atoms with E-state index in [1.165, 1.54) is 12.1 Å². The molecule has 0 radical (unpaired) electrons. The highest BCUT2D eigenvalue weighted by Gasteiger charge is 2.33. The van der Waals surface area contributed by atoms with Crippen LogP contribution in [0.5, 0.6) is 0 Å². The fourth-order valence-electron chi connectivity index (χ4n) is 0.795. The van der Waals surface area contributed by atoms with Crippen molar-refractivity contribution in [1.82, 2.24) is 0 Å². The van der Waals surface area contributed by atoms with Crippen molar-refractivity contribution in [2.24, 2.45) is 0 Å². The molecule has 0 aliphatic rings. The van der Waals surface area contributed by atoms with Crippen LogP contribution in [0.1, 0.15) is 5.56 Å². The Hall–Kier alpha value is -1.32. The highest BCUT2D eigenvalue weighted by atomic mass is 19.3. The Kier molecular flexibility index (Phi) is 2.17. The molecule has 0 aliphatic carbocycles. The van der Waals surface area contributed by atoms with Gasteiger partial charge in [-0.1, -0.05) is 12.1 Å². The molecule has 1 aromatic carbocycles. The van der Waals surface area contributed by atoms with E-state index in [9.17, 15) is 18.0 Å². The van der Waals surface area contributed by atoms with E-state index in [4.69, 9.17) is 0 Å². The summed E-state index contributed by atoms with van der Waals surface area (Å²) in [4.78, 5) is 9.86. The third kappa shape index (κ3) is 1.47. The van der Waals surface area contributed by atoms with E-state index < -0.39 is 23.6 Å². The lowest BCUT2D eigenvalue weighted by atomic mass is 10.1. The van der Waals surface area contributed by atoms with Crippen molar-refractivity contribution in [1.29, 1.82) is 0 Å². The molecular weight excluding hydrogens is 169 g/mol. The average molecular weight is 174 g/mol. The van der Waals surface area contributed by atoms with Gasteiger partial charge < -0.3 is 0 Å². The maximum absolute atomic E-state index is 12.6. The summed E-state index contributed by atoms with van der Waals surface area (Å²) in [6.45, 7) is 0. The van der Waals surface area contributed by atoms with Gasteiger partial charge in [-0.15, -0.1) is 0 Å². The Balaban J connectivity index is 3.19. The molecule has 0 saturated carbocycles. The number of hydrogen-bond donors (Lipinski definition) is 0. The zero-order valence-electron chi connectivity index (χ0n) is 5.93. The minimum atomic E-state index is -3.73. The standard InChI is InChI=1S/C8H5F3O/c9-7-4-2-1-3-6(7)8(10,11)5-12/h1-5H. The molecule has 0 heterocycles. The van der Waals surface area contributed by atoms with Gasteiger partial charge in [0.25, 0.3) is 0 Å². The number of rotatable bonds is 2. The molecule has 0 bridgehead atoms. The van der Waals surface area contributed by atoms with E-state index in [0.717, 1.165) is 12.1 Å². The van der Waals surface area contributed by atoms with Crippen molar-refractivity contribution in [2.45, 2.75) is 5.92 Å². The maximum atomic E-state index is 12.6. The first kappa shape index (κ1) is 8.77. The van der Waals surface area contributed by atoms with Crippen molar-refractivity contribution < 1.29 is 18.0 Å². The van der Waals surface area contributed by atoms with Gasteiger partial charge in [-0.25, -0.2) is 4.39 Å². The molecule has 0 amide bonds. The summed E-state index contributed by atoms with van der Waals surface area (Å²) in [6, 6.07) is 4.28. The Morgan fingerprint density at radius 3 is 2.33 bits per heavy atom. The van der Waals surface area contributed by atoms with Crippen molar-refractivity contribution >= 4 is 6.29 Å². The normalized spacial score (nSPS) is 11.2. The Labute approximate surface area is 66.8 Å². The van der Waals surface area contributed by atoms with E-state index in [-0.39, 0.29) is 0 Å². The van der Waals surface area contributed by atoms with E-state index in [1.54, 1.807) is 0 Å². The van der Waals surface area contributed by atoms with Crippen molar-refractivity contribution in [3.8, 4) is 0 Å². The van der Waals surface area contributed by atoms with E-state index >= 15 is 0 Å². The Bertz CT molecular complexity index is 296. The number of hydrogen-bond acceptors (Lipinski definition) is 1. The number of alkyl halides is 2. The summed E-state index contributed by atoms with van der Waals surface area (Å²) < 4.78 is 37.7. The molecule has 0 unspecified atom stereocenters. The van der Waals surface area contributed by atoms with Crippen LogP contribution in [0.15, 0.2) is 24.3 Å². The third-order valence-electron chi connectivity index (χ3n) is 1.38. The van der Waals surface area contributed by atoms with Crippen LogP contribution in [-0.2, 0) is 10.7 Å². The molecule has 1 nitrogen and oxygen atoms in total. The van der Waals surface area contributed by atoms with Crippen LogP contribution >= 0.6 is 0 Å². The Morgan fingerprint density at radius 2 is 1.83 bits per heavy atom. The lowest BCUT2D eigenvalue weighted by molar-refractivity contribution is -0.130. The predicted octanol–water partition coefficient (Wildman–Crippen LogP) is 2.12. The molecule has 0 aliphatic heterocycles. The quantitative estimate of drug-likeness (QED) is 0.627. The highest BCUT2D eigenvalue weighted by molar-refractivity contribution is 5.63. The van der Waals surface area contributed by atoms with Gasteiger partial charge in [0, 0.05) is 0 Å². The largest absolute Gasteiger partial charge is 0.330 e. The second-order valence-corrected chi connectivity index (χ2v) is 2.22. The monoisotopic (exact) mass is 174 g/mol. The van der Waals surface area contributed by atoms with Crippen LogP contribution in [-0.4, -0.2) is 6.29 Å². The molecule has 64 valence electrons. The van der Waals surface area contributed by atoms with Gasteiger partial charge in [0.1, 0.15) is 5.82 Å². The number of carbonyl (C=O) groups is 1. The first-order chi connectivity index (χ1) is 5.58. The SMILES string of the molecule is O=CC(F)(F)c1ccccc1F. The summed E-state index contributed by atoms with van der Waals surface area (Å²) >= 11 is 0. The Morgan fingerprint density at radius 1 is 1.25 bits per heavy atom. The molecule has 0 atom stereocenters. The van der Waals surface area contributed by atoms with Gasteiger partial charge in [0.2, 0.25) is 0 Å². The van der Waals surface area contributed by atoms with Gasteiger partial charge in [-0.05, 0) is 12.1 Å². The zero-order chi connectivity index (χ0) is 9.19. The molecule has 0 fully saturated rings. The van der Waals surface area contributed by atoms with Gasteiger partial charge >= 0.3 is 5.92 Å². The molecule has 0 saturated heterocycles. The smallest absolute Gasteiger partial charge is 0.296 e. The van der Waals surface area contributed by atoms with Crippen LogP contribution in [0.2, 0.25) is 0 Å². The van der Waals surface area contributed by atoms with Gasteiger partial charge in [0.05, 0.1) is 5.56 Å². The van der Waals surface area contributed by atoms with E-state index in [0.29, 0.717) is 0 Å². The van der Waals surface area contributed by atoms with Gasteiger partial charge in [-0.2, -0.15) is 8.78 Å². The minimum Gasteiger partial charge on any atom is -0.296 e. The summed E-state index contributed by atoms with van der Waals surface area (Å²) in [6.07, 6.45) is -0.578. The van der Waals surface area contributed by atoms with Crippen molar-refractivity contribution in [2.75, 3.05) is 0 Å². The second-order valence-electron chi connectivity index (χ2n) is 2.22. The average Bonchev–Trinajstić information content (AvgIpc) is 2.05. The molecule has 1 rings (SSSR count).